The maximum absolute atomic E-state index is 13.7. The molecule has 0 bridgehead atoms. The summed E-state index contributed by atoms with van der Waals surface area (Å²) in [6.07, 6.45) is 0.295. The van der Waals surface area contributed by atoms with Gasteiger partial charge in [0.15, 0.2) is 0 Å². The van der Waals surface area contributed by atoms with Gasteiger partial charge in [0.25, 0.3) is 0 Å². The third-order valence-corrected chi connectivity index (χ3v) is 3.59. The molecule has 1 atom stereocenters. The summed E-state index contributed by atoms with van der Waals surface area (Å²) < 4.78 is 16.1. The van der Waals surface area contributed by atoms with E-state index in [0.717, 1.165) is 12.1 Å². The monoisotopic (exact) mass is 326 g/mol. The lowest BCUT2D eigenvalue weighted by Crippen LogP contribution is -2.08. The van der Waals surface area contributed by atoms with Crippen LogP contribution in [0.4, 0.5) is 4.39 Å². The molecule has 1 unspecified atom stereocenters. The minimum Gasteiger partial charge on any atom is -0.386 e. The van der Waals surface area contributed by atoms with Gasteiger partial charge < -0.3 is 5.11 Å². The van der Waals surface area contributed by atoms with Crippen LogP contribution in [0.1, 0.15) is 30.0 Å². The number of hydrogen-bond acceptors (Lipinski definition) is 2. The van der Waals surface area contributed by atoms with Gasteiger partial charge in [-0.25, -0.2) is 4.39 Å². The molecule has 0 aliphatic carbocycles. The minimum absolute atomic E-state index is 0.238. The zero-order valence-electron chi connectivity index (χ0n) is 10.9. The van der Waals surface area contributed by atoms with E-state index in [1.54, 1.807) is 23.9 Å². The molecule has 0 amide bonds. The first-order chi connectivity index (χ1) is 9.01. The van der Waals surface area contributed by atoms with E-state index in [0.29, 0.717) is 15.7 Å². The normalized spacial score (nSPS) is 12.7. The Morgan fingerprint density at radius 2 is 2.16 bits per heavy atom. The van der Waals surface area contributed by atoms with Crippen molar-refractivity contribution in [3.63, 3.8) is 0 Å². The second-order valence-electron chi connectivity index (χ2n) is 4.49. The number of aryl methyl sites for hydroxylation is 2. The van der Waals surface area contributed by atoms with Crippen molar-refractivity contribution in [3.8, 4) is 0 Å². The fourth-order valence-electron chi connectivity index (χ4n) is 2.03. The van der Waals surface area contributed by atoms with Crippen LogP contribution in [0.5, 0.6) is 0 Å². The van der Waals surface area contributed by atoms with Crippen LogP contribution >= 0.6 is 15.9 Å². The van der Waals surface area contributed by atoms with E-state index >= 15 is 0 Å². The molecule has 2 aromatic rings. The van der Waals surface area contributed by atoms with Gasteiger partial charge >= 0.3 is 0 Å². The number of aliphatic hydroxyl groups is 1. The maximum Gasteiger partial charge on any atom is 0.127 e. The molecule has 0 fully saturated rings. The average molecular weight is 327 g/mol. The van der Waals surface area contributed by atoms with Gasteiger partial charge in [0.1, 0.15) is 5.82 Å². The Labute approximate surface area is 120 Å². The van der Waals surface area contributed by atoms with Crippen LogP contribution in [0.15, 0.2) is 28.7 Å². The van der Waals surface area contributed by atoms with Crippen molar-refractivity contribution in [2.24, 2.45) is 7.05 Å². The van der Waals surface area contributed by atoms with Crippen LogP contribution in [-0.2, 0) is 19.9 Å². The molecule has 0 saturated heterocycles. The molecule has 0 aliphatic heterocycles. The highest BCUT2D eigenvalue weighted by Gasteiger charge is 2.16. The number of hydrogen-bond donors (Lipinski definition) is 1. The summed E-state index contributed by atoms with van der Waals surface area (Å²) in [5.41, 5.74) is 2.13. The van der Waals surface area contributed by atoms with Crippen LogP contribution in [0.2, 0.25) is 0 Å². The fourth-order valence-corrected chi connectivity index (χ4v) is 2.36. The molecule has 1 aromatic heterocycles. The highest BCUT2D eigenvalue weighted by molar-refractivity contribution is 9.10. The Balaban J connectivity index is 2.20. The molecule has 3 nitrogen and oxygen atoms in total. The molecule has 2 rings (SSSR count). The Morgan fingerprint density at radius 3 is 2.74 bits per heavy atom. The van der Waals surface area contributed by atoms with Crippen molar-refractivity contribution >= 4 is 15.9 Å². The van der Waals surface area contributed by atoms with Gasteiger partial charge in [-0.15, -0.1) is 0 Å². The standard InChI is InChI=1S/C14H16BrFN2O/c1-3-11-8-13(18(2)17-11)14(19)6-9-4-5-10(15)7-12(9)16/h4-5,7-8,14,19H,3,6H2,1-2H3. The molecule has 102 valence electrons. The third-order valence-electron chi connectivity index (χ3n) is 3.10. The van der Waals surface area contributed by atoms with Crippen LogP contribution in [-0.4, -0.2) is 14.9 Å². The molecular formula is C14H16BrFN2O. The predicted octanol–water partition coefficient (Wildman–Crippen LogP) is 3.16. The van der Waals surface area contributed by atoms with Crippen molar-refractivity contribution in [2.75, 3.05) is 0 Å². The first-order valence-corrected chi connectivity index (χ1v) is 6.95. The molecule has 1 N–H and O–H groups in total. The van der Waals surface area contributed by atoms with Crippen LogP contribution < -0.4 is 0 Å². The van der Waals surface area contributed by atoms with Gasteiger partial charge in [-0.05, 0) is 30.2 Å². The van der Waals surface area contributed by atoms with Crippen LogP contribution in [0, 0.1) is 5.82 Å². The quantitative estimate of drug-likeness (QED) is 0.937. The Bertz CT molecular complexity index is 583. The summed E-state index contributed by atoms with van der Waals surface area (Å²) in [4.78, 5) is 0. The summed E-state index contributed by atoms with van der Waals surface area (Å²) in [5.74, 6) is -0.314. The Hall–Kier alpha value is -1.20. The van der Waals surface area contributed by atoms with Crippen LogP contribution in [0.25, 0.3) is 0 Å². The SMILES string of the molecule is CCc1cc(C(O)Cc2ccc(Br)cc2F)n(C)n1. The molecule has 0 radical (unpaired) electrons. The predicted molar refractivity (Wildman–Crippen MR) is 75.3 cm³/mol. The van der Waals surface area contributed by atoms with E-state index in [1.165, 1.54) is 6.07 Å². The summed E-state index contributed by atoms with van der Waals surface area (Å²) in [7, 11) is 1.79. The minimum atomic E-state index is -0.756. The second kappa shape index (κ2) is 5.84. The van der Waals surface area contributed by atoms with E-state index in [-0.39, 0.29) is 12.2 Å². The van der Waals surface area contributed by atoms with Crippen molar-refractivity contribution in [3.05, 3.63) is 51.5 Å². The van der Waals surface area contributed by atoms with Crippen molar-refractivity contribution in [1.29, 1.82) is 0 Å². The first-order valence-electron chi connectivity index (χ1n) is 6.16. The molecule has 1 aromatic carbocycles. The number of aromatic nitrogens is 2. The van der Waals surface area contributed by atoms with Crippen molar-refractivity contribution in [2.45, 2.75) is 25.9 Å². The number of nitrogens with zero attached hydrogens (tertiary/aromatic N) is 2. The lowest BCUT2D eigenvalue weighted by atomic mass is 10.0. The molecule has 0 spiro atoms. The largest absolute Gasteiger partial charge is 0.386 e. The van der Waals surface area contributed by atoms with Gasteiger partial charge in [0.05, 0.1) is 17.5 Å². The van der Waals surface area contributed by atoms with Gasteiger partial charge in [-0.3, -0.25) is 4.68 Å². The Morgan fingerprint density at radius 1 is 1.42 bits per heavy atom. The first kappa shape index (κ1) is 14.2. The number of aliphatic hydroxyl groups excluding tert-OH is 1. The number of benzene rings is 1. The molecule has 0 aliphatic rings. The number of halogens is 2. The molecule has 1 heterocycles. The van der Waals surface area contributed by atoms with Crippen molar-refractivity contribution < 1.29 is 9.50 Å². The van der Waals surface area contributed by atoms with Gasteiger partial charge in [0, 0.05) is 17.9 Å². The third kappa shape index (κ3) is 3.22. The lowest BCUT2D eigenvalue weighted by molar-refractivity contribution is 0.167. The van der Waals surface area contributed by atoms with E-state index < -0.39 is 6.10 Å². The highest BCUT2D eigenvalue weighted by atomic mass is 79.9. The summed E-state index contributed by atoms with van der Waals surface area (Å²) in [6, 6.07) is 6.72. The van der Waals surface area contributed by atoms with Gasteiger partial charge in [-0.2, -0.15) is 5.10 Å². The van der Waals surface area contributed by atoms with Crippen molar-refractivity contribution in [1.82, 2.24) is 9.78 Å². The zero-order valence-corrected chi connectivity index (χ0v) is 12.5. The Kier molecular flexibility index (Phi) is 4.37. The summed E-state index contributed by atoms with van der Waals surface area (Å²) in [6.45, 7) is 2.01. The summed E-state index contributed by atoms with van der Waals surface area (Å²) in [5, 5.41) is 14.5. The fraction of sp³-hybridized carbons (Fsp3) is 0.357. The molecule has 0 saturated carbocycles. The second-order valence-corrected chi connectivity index (χ2v) is 5.41. The molecule has 19 heavy (non-hydrogen) atoms. The van der Waals surface area contributed by atoms with E-state index in [1.807, 2.05) is 13.0 Å². The topological polar surface area (TPSA) is 38.0 Å². The number of rotatable bonds is 4. The van der Waals surface area contributed by atoms with E-state index in [9.17, 15) is 9.50 Å². The lowest BCUT2D eigenvalue weighted by Gasteiger charge is -2.11. The maximum atomic E-state index is 13.7. The summed E-state index contributed by atoms with van der Waals surface area (Å²) >= 11 is 3.22. The highest BCUT2D eigenvalue weighted by Crippen LogP contribution is 2.22. The van der Waals surface area contributed by atoms with Gasteiger partial charge in [0.2, 0.25) is 0 Å². The van der Waals surface area contributed by atoms with Crippen LogP contribution in [0.3, 0.4) is 0 Å². The van der Waals surface area contributed by atoms with E-state index in [2.05, 4.69) is 21.0 Å². The molecule has 5 heteroatoms. The average Bonchev–Trinajstić information content (AvgIpc) is 2.74. The van der Waals surface area contributed by atoms with Gasteiger partial charge in [-0.1, -0.05) is 28.9 Å². The zero-order chi connectivity index (χ0) is 14.0. The smallest absolute Gasteiger partial charge is 0.127 e. The molecular weight excluding hydrogens is 311 g/mol. The van der Waals surface area contributed by atoms with E-state index in [4.69, 9.17) is 0 Å².